The van der Waals surface area contributed by atoms with E-state index in [-0.39, 0.29) is 0 Å². The van der Waals surface area contributed by atoms with Crippen LogP contribution in [0.1, 0.15) is 5.56 Å². The Morgan fingerprint density at radius 1 is 1.30 bits per heavy atom. The highest BCUT2D eigenvalue weighted by atomic mass is 16.5. The number of fused-ring (bicyclic) bond motifs is 1. The molecule has 0 spiro atoms. The van der Waals surface area contributed by atoms with Gasteiger partial charge in [-0.1, -0.05) is 0 Å². The first-order chi connectivity index (χ1) is 9.74. The smallest absolute Gasteiger partial charge is 0.144 e. The summed E-state index contributed by atoms with van der Waals surface area (Å²) in [5.41, 5.74) is 3.24. The summed E-state index contributed by atoms with van der Waals surface area (Å²) in [6.07, 6.45) is 3.50. The van der Waals surface area contributed by atoms with Gasteiger partial charge in [0.1, 0.15) is 11.6 Å². The van der Waals surface area contributed by atoms with E-state index in [1.54, 1.807) is 31.6 Å². The summed E-state index contributed by atoms with van der Waals surface area (Å²) in [5, 5.41) is 8.95. The molecule has 0 aliphatic rings. The Morgan fingerprint density at radius 3 is 2.85 bits per heavy atom. The quantitative estimate of drug-likeness (QED) is 0.713. The fourth-order valence-electron chi connectivity index (χ4n) is 2.22. The van der Waals surface area contributed by atoms with Gasteiger partial charge in [-0.05, 0) is 24.3 Å². The van der Waals surface area contributed by atoms with Crippen molar-refractivity contribution in [3.05, 3.63) is 42.2 Å². The summed E-state index contributed by atoms with van der Waals surface area (Å²) in [6.45, 7) is 0. The van der Waals surface area contributed by atoms with Gasteiger partial charge in [0.05, 0.1) is 41.5 Å². The second-order valence-electron chi connectivity index (χ2n) is 4.39. The van der Waals surface area contributed by atoms with Gasteiger partial charge in [-0.3, -0.25) is 4.98 Å². The maximum absolute atomic E-state index is 8.95. The van der Waals surface area contributed by atoms with E-state index < -0.39 is 0 Å². The van der Waals surface area contributed by atoms with Crippen molar-refractivity contribution >= 4 is 11.0 Å². The molecular weight excluding hydrogens is 252 g/mol. The number of hydrogen-bond donors (Lipinski definition) is 0. The number of imidazole rings is 1. The molecule has 20 heavy (non-hydrogen) atoms. The van der Waals surface area contributed by atoms with Crippen molar-refractivity contribution in [3.8, 4) is 23.2 Å². The number of benzene rings is 1. The molecule has 0 unspecified atom stereocenters. The second-order valence-corrected chi connectivity index (χ2v) is 4.39. The zero-order valence-corrected chi connectivity index (χ0v) is 11.2. The first-order valence-corrected chi connectivity index (χ1v) is 6.09. The largest absolute Gasteiger partial charge is 0.496 e. The third-order valence-corrected chi connectivity index (χ3v) is 3.25. The molecule has 0 aliphatic heterocycles. The van der Waals surface area contributed by atoms with Crippen LogP contribution >= 0.6 is 0 Å². The normalized spacial score (nSPS) is 10.4. The van der Waals surface area contributed by atoms with E-state index in [0.29, 0.717) is 11.3 Å². The molecule has 0 atom stereocenters. The number of hydrogen-bond acceptors (Lipinski definition) is 4. The third-order valence-electron chi connectivity index (χ3n) is 3.25. The molecule has 2 heterocycles. The van der Waals surface area contributed by atoms with Gasteiger partial charge < -0.3 is 9.30 Å². The van der Waals surface area contributed by atoms with Crippen molar-refractivity contribution in [2.24, 2.45) is 7.05 Å². The Kier molecular flexibility index (Phi) is 2.84. The summed E-state index contributed by atoms with van der Waals surface area (Å²) in [6, 6.07) is 9.30. The van der Waals surface area contributed by atoms with E-state index in [2.05, 4.69) is 16.0 Å². The first kappa shape index (κ1) is 12.2. The zero-order valence-electron chi connectivity index (χ0n) is 11.2. The van der Waals surface area contributed by atoms with E-state index in [1.807, 2.05) is 23.7 Å². The van der Waals surface area contributed by atoms with E-state index in [0.717, 1.165) is 22.4 Å². The monoisotopic (exact) mass is 264 g/mol. The molecule has 0 amide bonds. The topological polar surface area (TPSA) is 63.7 Å². The van der Waals surface area contributed by atoms with Crippen molar-refractivity contribution in [2.45, 2.75) is 0 Å². The van der Waals surface area contributed by atoms with Crippen LogP contribution in [0, 0.1) is 11.3 Å². The van der Waals surface area contributed by atoms with Gasteiger partial charge in [0.2, 0.25) is 0 Å². The number of nitrogens with zero attached hydrogens (tertiary/aromatic N) is 4. The number of pyridine rings is 1. The number of rotatable bonds is 2. The third kappa shape index (κ3) is 1.79. The second kappa shape index (κ2) is 4.67. The average Bonchev–Trinajstić information content (AvgIpc) is 2.84. The lowest BCUT2D eigenvalue weighted by Crippen LogP contribution is -1.96. The van der Waals surface area contributed by atoms with Crippen LogP contribution in [0.3, 0.4) is 0 Å². The Hall–Kier alpha value is -2.87. The van der Waals surface area contributed by atoms with Crippen LogP contribution in [0.4, 0.5) is 0 Å². The summed E-state index contributed by atoms with van der Waals surface area (Å²) in [5.74, 6) is 1.42. The van der Waals surface area contributed by atoms with Gasteiger partial charge in [-0.15, -0.1) is 0 Å². The lowest BCUT2D eigenvalue weighted by molar-refractivity contribution is 0.416. The molecule has 0 aliphatic carbocycles. The van der Waals surface area contributed by atoms with Crippen LogP contribution in [-0.2, 0) is 7.05 Å². The average molecular weight is 264 g/mol. The Morgan fingerprint density at radius 2 is 2.15 bits per heavy atom. The maximum atomic E-state index is 8.95. The van der Waals surface area contributed by atoms with Crippen molar-refractivity contribution in [1.29, 1.82) is 5.26 Å². The molecular formula is C15H12N4O. The highest BCUT2D eigenvalue weighted by Crippen LogP contribution is 2.31. The fourth-order valence-corrected chi connectivity index (χ4v) is 2.22. The van der Waals surface area contributed by atoms with E-state index >= 15 is 0 Å². The van der Waals surface area contributed by atoms with Gasteiger partial charge in [-0.2, -0.15) is 5.26 Å². The summed E-state index contributed by atoms with van der Waals surface area (Å²) < 4.78 is 7.34. The predicted octanol–water partition coefficient (Wildman–Crippen LogP) is 2.52. The standard InChI is InChI=1S/C15H12N4O/c1-19-13-9-17-6-5-12(13)18-15(19)11-4-3-10(8-16)7-14(11)20-2/h3-7,9H,1-2H3. The molecule has 0 N–H and O–H groups in total. The van der Waals surface area contributed by atoms with Crippen molar-refractivity contribution in [1.82, 2.24) is 14.5 Å². The van der Waals surface area contributed by atoms with Crippen LogP contribution in [0.2, 0.25) is 0 Å². The van der Waals surface area contributed by atoms with Crippen LogP contribution in [0.15, 0.2) is 36.7 Å². The van der Waals surface area contributed by atoms with Crippen molar-refractivity contribution in [3.63, 3.8) is 0 Å². The summed E-state index contributed by atoms with van der Waals surface area (Å²) >= 11 is 0. The minimum absolute atomic E-state index is 0.561. The molecule has 0 fully saturated rings. The SMILES string of the molecule is COc1cc(C#N)ccc1-c1nc2ccncc2n1C. The molecule has 5 nitrogen and oxygen atoms in total. The van der Waals surface area contributed by atoms with Crippen LogP contribution in [0.5, 0.6) is 5.75 Å². The lowest BCUT2D eigenvalue weighted by Gasteiger charge is -2.08. The van der Waals surface area contributed by atoms with Gasteiger partial charge in [0, 0.05) is 13.2 Å². The van der Waals surface area contributed by atoms with E-state index in [1.165, 1.54) is 0 Å². The molecule has 3 aromatic rings. The highest BCUT2D eigenvalue weighted by Gasteiger charge is 2.14. The predicted molar refractivity (Wildman–Crippen MR) is 75.2 cm³/mol. The minimum atomic E-state index is 0.561. The Bertz CT molecular complexity index is 829. The Balaban J connectivity index is 2.26. The number of aryl methyl sites for hydroxylation is 1. The highest BCUT2D eigenvalue weighted by molar-refractivity contribution is 5.81. The molecule has 1 aromatic carbocycles. The van der Waals surface area contributed by atoms with E-state index in [9.17, 15) is 0 Å². The van der Waals surface area contributed by atoms with Crippen LogP contribution < -0.4 is 4.74 Å². The molecule has 3 rings (SSSR count). The molecule has 98 valence electrons. The summed E-state index contributed by atoms with van der Waals surface area (Å²) in [4.78, 5) is 8.72. The lowest BCUT2D eigenvalue weighted by atomic mass is 10.1. The van der Waals surface area contributed by atoms with Crippen molar-refractivity contribution in [2.75, 3.05) is 7.11 Å². The summed E-state index contributed by atoms with van der Waals surface area (Å²) in [7, 11) is 3.52. The first-order valence-electron chi connectivity index (χ1n) is 6.09. The molecule has 5 heteroatoms. The minimum Gasteiger partial charge on any atom is -0.496 e. The zero-order chi connectivity index (χ0) is 14.1. The Labute approximate surface area is 116 Å². The number of ether oxygens (including phenoxy) is 1. The van der Waals surface area contributed by atoms with Crippen LogP contribution in [-0.4, -0.2) is 21.6 Å². The van der Waals surface area contributed by atoms with Gasteiger partial charge >= 0.3 is 0 Å². The van der Waals surface area contributed by atoms with E-state index in [4.69, 9.17) is 10.00 Å². The molecule has 0 bridgehead atoms. The molecule has 2 aromatic heterocycles. The fraction of sp³-hybridized carbons (Fsp3) is 0.133. The number of methoxy groups -OCH3 is 1. The molecule has 0 saturated carbocycles. The number of aromatic nitrogens is 3. The molecule has 0 radical (unpaired) electrons. The van der Waals surface area contributed by atoms with Crippen molar-refractivity contribution < 1.29 is 4.74 Å². The number of nitriles is 1. The van der Waals surface area contributed by atoms with Gasteiger partial charge in [0.25, 0.3) is 0 Å². The van der Waals surface area contributed by atoms with Gasteiger partial charge in [0.15, 0.2) is 0 Å². The van der Waals surface area contributed by atoms with Gasteiger partial charge in [-0.25, -0.2) is 4.98 Å². The maximum Gasteiger partial charge on any atom is 0.144 e. The molecule has 0 saturated heterocycles. The van der Waals surface area contributed by atoms with Crippen LogP contribution in [0.25, 0.3) is 22.4 Å².